The molecule has 0 spiro atoms. The predicted octanol–water partition coefficient (Wildman–Crippen LogP) is 2.74. The van der Waals surface area contributed by atoms with Crippen LogP contribution in [0.2, 0.25) is 0 Å². The fourth-order valence-electron chi connectivity index (χ4n) is 3.68. The van der Waals surface area contributed by atoms with Crippen molar-refractivity contribution in [2.45, 2.75) is 26.9 Å². The predicted molar refractivity (Wildman–Crippen MR) is 122 cm³/mol. The number of carbonyl (C=O) groups excluding carboxylic acids is 1. The monoisotopic (exact) mass is 446 g/mol. The molecular formula is C24H23FN6O2. The van der Waals surface area contributed by atoms with Gasteiger partial charge in [0, 0.05) is 41.5 Å². The van der Waals surface area contributed by atoms with Crippen molar-refractivity contribution in [3.05, 3.63) is 88.7 Å². The van der Waals surface area contributed by atoms with E-state index in [4.69, 9.17) is 0 Å². The maximum atomic E-state index is 13.5. The van der Waals surface area contributed by atoms with Gasteiger partial charge in [0.15, 0.2) is 0 Å². The number of halogens is 1. The Balaban J connectivity index is 1.51. The third-order valence-electron chi connectivity index (χ3n) is 5.24. The Kier molecular flexibility index (Phi) is 6.39. The van der Waals surface area contributed by atoms with E-state index in [0.717, 1.165) is 22.4 Å². The maximum Gasteiger partial charge on any atom is 0.348 e. The van der Waals surface area contributed by atoms with Gasteiger partial charge in [0.1, 0.15) is 12.4 Å². The van der Waals surface area contributed by atoms with Gasteiger partial charge in [-0.2, -0.15) is 10.1 Å². The van der Waals surface area contributed by atoms with E-state index >= 15 is 0 Å². The molecule has 8 nitrogen and oxygen atoms in total. The van der Waals surface area contributed by atoms with Crippen LogP contribution in [0.5, 0.6) is 0 Å². The quantitative estimate of drug-likeness (QED) is 0.471. The summed E-state index contributed by atoms with van der Waals surface area (Å²) >= 11 is 0. The van der Waals surface area contributed by atoms with Crippen molar-refractivity contribution in [1.82, 2.24) is 29.6 Å². The number of amides is 1. The molecule has 1 N–H and O–H groups in total. The summed E-state index contributed by atoms with van der Waals surface area (Å²) in [5, 5.41) is 7.32. The van der Waals surface area contributed by atoms with Crippen molar-refractivity contribution < 1.29 is 9.18 Å². The summed E-state index contributed by atoms with van der Waals surface area (Å²) in [5.74, 6) is -0.616. The number of nitrogens with zero attached hydrogens (tertiary/aromatic N) is 5. The molecule has 33 heavy (non-hydrogen) atoms. The van der Waals surface area contributed by atoms with Crippen LogP contribution in [-0.4, -0.2) is 36.8 Å². The first-order chi connectivity index (χ1) is 15.9. The van der Waals surface area contributed by atoms with Crippen LogP contribution in [0.4, 0.5) is 4.39 Å². The maximum absolute atomic E-state index is 13.5. The van der Waals surface area contributed by atoms with Gasteiger partial charge in [-0.25, -0.2) is 9.18 Å². The molecule has 1 aromatic carbocycles. The highest BCUT2D eigenvalue weighted by atomic mass is 19.1. The molecule has 3 aromatic heterocycles. The average Bonchev–Trinajstić information content (AvgIpc) is 3.21. The molecule has 0 aliphatic carbocycles. The lowest BCUT2D eigenvalue weighted by molar-refractivity contribution is -0.121. The second-order valence-electron chi connectivity index (χ2n) is 7.63. The molecule has 0 aliphatic rings. The van der Waals surface area contributed by atoms with Crippen LogP contribution in [0.25, 0.3) is 22.4 Å². The Morgan fingerprint density at radius 2 is 1.79 bits per heavy atom. The highest BCUT2D eigenvalue weighted by molar-refractivity contribution is 5.80. The number of hydrogen-bond acceptors (Lipinski definition) is 5. The van der Waals surface area contributed by atoms with Gasteiger partial charge in [0.2, 0.25) is 5.91 Å². The lowest BCUT2D eigenvalue weighted by Gasteiger charge is -2.12. The van der Waals surface area contributed by atoms with Gasteiger partial charge in [-0.15, -0.1) is 0 Å². The van der Waals surface area contributed by atoms with Crippen molar-refractivity contribution in [3.8, 4) is 22.4 Å². The lowest BCUT2D eigenvalue weighted by atomic mass is 10.0. The van der Waals surface area contributed by atoms with Gasteiger partial charge in [0.25, 0.3) is 0 Å². The van der Waals surface area contributed by atoms with Crippen LogP contribution in [0.3, 0.4) is 0 Å². The van der Waals surface area contributed by atoms with Crippen molar-refractivity contribution in [2.24, 2.45) is 0 Å². The SMILES string of the molecule is Cc1cc(C)n(CC(=O)NCCn2ncc(-c3ccncc3)c2-c2ccc(F)cc2)c(=O)n1. The molecule has 0 unspecified atom stereocenters. The number of pyridine rings is 1. The molecule has 1 amide bonds. The average molecular weight is 446 g/mol. The number of hydrogen-bond donors (Lipinski definition) is 1. The Morgan fingerprint density at radius 3 is 2.48 bits per heavy atom. The molecule has 0 radical (unpaired) electrons. The largest absolute Gasteiger partial charge is 0.353 e. The van der Waals surface area contributed by atoms with E-state index in [-0.39, 0.29) is 18.3 Å². The normalized spacial score (nSPS) is 10.9. The standard InChI is InChI=1S/C24H23FN6O2/c1-16-13-17(2)30(24(33)29-16)15-22(32)27-11-12-31-23(19-3-5-20(25)6-4-19)21(14-28-31)18-7-9-26-10-8-18/h3-10,13-14H,11-12,15H2,1-2H3,(H,27,32). The Morgan fingerprint density at radius 1 is 1.06 bits per heavy atom. The zero-order chi connectivity index (χ0) is 23.4. The van der Waals surface area contributed by atoms with Crippen LogP contribution < -0.4 is 11.0 Å². The van der Waals surface area contributed by atoms with Gasteiger partial charge in [0.05, 0.1) is 18.4 Å². The van der Waals surface area contributed by atoms with E-state index in [0.29, 0.717) is 24.5 Å². The highest BCUT2D eigenvalue weighted by Gasteiger charge is 2.15. The van der Waals surface area contributed by atoms with E-state index < -0.39 is 5.69 Å². The second-order valence-corrected chi connectivity index (χ2v) is 7.63. The summed E-state index contributed by atoms with van der Waals surface area (Å²) in [6, 6.07) is 11.7. The second kappa shape index (κ2) is 9.56. The summed E-state index contributed by atoms with van der Waals surface area (Å²) in [5.41, 5.74) is 4.27. The Hall–Kier alpha value is -4.14. The van der Waals surface area contributed by atoms with Gasteiger partial charge < -0.3 is 5.32 Å². The van der Waals surface area contributed by atoms with E-state index in [1.54, 1.807) is 55.3 Å². The zero-order valence-corrected chi connectivity index (χ0v) is 18.3. The summed E-state index contributed by atoms with van der Waals surface area (Å²) in [6.45, 7) is 4.09. The number of aryl methyl sites for hydroxylation is 2. The van der Waals surface area contributed by atoms with Crippen molar-refractivity contribution in [3.63, 3.8) is 0 Å². The first kappa shape index (κ1) is 22.1. The molecule has 0 fully saturated rings. The van der Waals surface area contributed by atoms with Crippen LogP contribution >= 0.6 is 0 Å². The minimum absolute atomic E-state index is 0.107. The third kappa shape index (κ3) is 5.03. The fraction of sp³-hybridized carbons (Fsp3) is 0.208. The van der Waals surface area contributed by atoms with Gasteiger partial charge >= 0.3 is 5.69 Å². The van der Waals surface area contributed by atoms with E-state index in [1.165, 1.54) is 16.7 Å². The number of rotatable bonds is 7. The number of aromatic nitrogens is 5. The minimum atomic E-state index is -0.449. The molecule has 168 valence electrons. The van der Waals surface area contributed by atoms with Crippen molar-refractivity contribution >= 4 is 5.91 Å². The molecule has 0 saturated heterocycles. The molecule has 9 heteroatoms. The molecule has 4 aromatic rings. The summed E-state index contributed by atoms with van der Waals surface area (Å²) in [7, 11) is 0. The topological polar surface area (TPSA) is 94.7 Å². The van der Waals surface area contributed by atoms with Crippen molar-refractivity contribution in [2.75, 3.05) is 6.54 Å². The summed E-state index contributed by atoms with van der Waals surface area (Å²) < 4.78 is 16.6. The summed E-state index contributed by atoms with van der Waals surface area (Å²) in [4.78, 5) is 32.5. The van der Waals surface area contributed by atoms with E-state index in [9.17, 15) is 14.0 Å². The van der Waals surface area contributed by atoms with Crippen molar-refractivity contribution in [1.29, 1.82) is 0 Å². The van der Waals surface area contributed by atoms with Gasteiger partial charge in [-0.05, 0) is 61.9 Å². The van der Waals surface area contributed by atoms with Crippen LogP contribution in [0.1, 0.15) is 11.4 Å². The summed E-state index contributed by atoms with van der Waals surface area (Å²) in [6.07, 6.45) is 5.15. The highest BCUT2D eigenvalue weighted by Crippen LogP contribution is 2.31. The Labute approximate surface area is 189 Å². The van der Waals surface area contributed by atoms with Gasteiger partial charge in [-0.3, -0.25) is 19.0 Å². The first-order valence-electron chi connectivity index (χ1n) is 10.5. The van der Waals surface area contributed by atoms with E-state index in [1.807, 2.05) is 12.1 Å². The molecule has 0 aliphatic heterocycles. The lowest BCUT2D eigenvalue weighted by Crippen LogP contribution is -2.36. The molecule has 0 bridgehead atoms. The third-order valence-corrected chi connectivity index (χ3v) is 5.24. The minimum Gasteiger partial charge on any atom is -0.353 e. The molecular weight excluding hydrogens is 423 g/mol. The van der Waals surface area contributed by atoms with Crippen LogP contribution in [0, 0.1) is 19.7 Å². The number of benzene rings is 1. The fourth-order valence-corrected chi connectivity index (χ4v) is 3.68. The smallest absolute Gasteiger partial charge is 0.348 e. The van der Waals surface area contributed by atoms with Gasteiger partial charge in [-0.1, -0.05) is 0 Å². The molecule has 4 rings (SSSR count). The van der Waals surface area contributed by atoms with Crippen LogP contribution in [-0.2, 0) is 17.9 Å². The molecule has 0 atom stereocenters. The Bertz CT molecular complexity index is 1330. The number of nitrogens with one attached hydrogen (secondary N) is 1. The van der Waals surface area contributed by atoms with Crippen LogP contribution in [0.15, 0.2) is 65.8 Å². The van der Waals surface area contributed by atoms with E-state index in [2.05, 4.69) is 20.4 Å². The first-order valence-corrected chi connectivity index (χ1v) is 10.5. The number of carbonyl (C=O) groups is 1. The zero-order valence-electron chi connectivity index (χ0n) is 18.3. The molecule has 0 saturated carbocycles. The molecule has 3 heterocycles.